The maximum absolute atomic E-state index is 13.2. The summed E-state index contributed by atoms with van der Waals surface area (Å²) >= 11 is 0. The first kappa shape index (κ1) is 13.6. The minimum atomic E-state index is -0.229. The molecule has 0 spiro atoms. The molecule has 1 amide bonds. The molecule has 0 heterocycles. The van der Waals surface area contributed by atoms with Crippen molar-refractivity contribution in [2.75, 3.05) is 27.7 Å². The van der Waals surface area contributed by atoms with Gasteiger partial charge in [0.1, 0.15) is 5.82 Å². The van der Waals surface area contributed by atoms with Crippen LogP contribution in [0.2, 0.25) is 0 Å². The summed E-state index contributed by atoms with van der Waals surface area (Å²) in [4.78, 5) is 14.9. The highest BCUT2D eigenvalue weighted by Gasteiger charge is 2.09. The van der Waals surface area contributed by atoms with Crippen LogP contribution in [0.3, 0.4) is 0 Å². The molecule has 0 atom stereocenters. The van der Waals surface area contributed by atoms with Crippen LogP contribution in [-0.2, 0) is 11.3 Å². The van der Waals surface area contributed by atoms with Gasteiger partial charge in [-0.1, -0.05) is 6.07 Å². The van der Waals surface area contributed by atoms with Crippen LogP contribution in [0.4, 0.5) is 4.39 Å². The van der Waals surface area contributed by atoms with Crippen LogP contribution in [0, 0.1) is 12.7 Å². The fourth-order valence-electron chi connectivity index (χ4n) is 1.64. The van der Waals surface area contributed by atoms with Gasteiger partial charge in [-0.2, -0.15) is 0 Å². The molecule has 4 heteroatoms. The maximum Gasteiger partial charge on any atom is 0.236 e. The fraction of sp³-hybridized carbons (Fsp3) is 0.462. The molecule has 3 nitrogen and oxygen atoms in total. The average molecular weight is 238 g/mol. The summed E-state index contributed by atoms with van der Waals surface area (Å²) in [6, 6.07) is 4.93. The van der Waals surface area contributed by atoms with E-state index in [1.807, 2.05) is 24.9 Å². The van der Waals surface area contributed by atoms with Crippen molar-refractivity contribution in [2.24, 2.45) is 0 Å². The van der Waals surface area contributed by atoms with E-state index >= 15 is 0 Å². The number of likely N-dealkylation sites (N-methyl/N-ethyl adjacent to an activating group) is 2. The van der Waals surface area contributed by atoms with Gasteiger partial charge in [-0.05, 0) is 37.2 Å². The Balaban J connectivity index is 2.61. The molecule has 0 radical (unpaired) electrons. The summed E-state index contributed by atoms with van der Waals surface area (Å²) in [6.07, 6.45) is 0. The molecule has 0 aliphatic rings. The van der Waals surface area contributed by atoms with Crippen molar-refractivity contribution in [3.63, 3.8) is 0 Å². The third kappa shape index (κ3) is 4.53. The first-order valence-corrected chi connectivity index (χ1v) is 5.53. The Labute approximate surface area is 102 Å². The third-order valence-corrected chi connectivity index (χ3v) is 2.46. The van der Waals surface area contributed by atoms with E-state index in [-0.39, 0.29) is 11.7 Å². The molecule has 0 N–H and O–H groups in total. The normalized spacial score (nSPS) is 10.7. The summed E-state index contributed by atoms with van der Waals surface area (Å²) in [5, 5.41) is 0. The highest BCUT2D eigenvalue weighted by molar-refractivity contribution is 5.77. The molecular weight excluding hydrogens is 219 g/mol. The molecule has 0 unspecified atom stereocenters. The SMILES string of the molecule is Cc1cc(F)cc(CN(C)CC(=O)N(C)C)c1. The van der Waals surface area contributed by atoms with E-state index in [4.69, 9.17) is 0 Å². The molecule has 0 fully saturated rings. The quantitative estimate of drug-likeness (QED) is 0.796. The van der Waals surface area contributed by atoms with Gasteiger partial charge in [0.2, 0.25) is 5.91 Å². The first-order chi connectivity index (χ1) is 7.88. The summed E-state index contributed by atoms with van der Waals surface area (Å²) in [5.74, 6) is -0.187. The van der Waals surface area contributed by atoms with Gasteiger partial charge in [-0.15, -0.1) is 0 Å². The summed E-state index contributed by atoms with van der Waals surface area (Å²) < 4.78 is 13.2. The summed E-state index contributed by atoms with van der Waals surface area (Å²) in [5.41, 5.74) is 1.78. The largest absolute Gasteiger partial charge is 0.348 e. The van der Waals surface area contributed by atoms with Gasteiger partial charge in [0.15, 0.2) is 0 Å². The van der Waals surface area contributed by atoms with Crippen molar-refractivity contribution < 1.29 is 9.18 Å². The number of amides is 1. The number of aryl methyl sites for hydroxylation is 1. The molecule has 0 saturated carbocycles. The topological polar surface area (TPSA) is 23.6 Å². The standard InChI is InChI=1S/C13H19FN2O/c1-10-5-11(7-12(14)6-10)8-16(4)9-13(17)15(2)3/h5-7H,8-9H2,1-4H3. The van der Waals surface area contributed by atoms with Crippen molar-refractivity contribution >= 4 is 5.91 Å². The van der Waals surface area contributed by atoms with E-state index in [0.717, 1.165) is 11.1 Å². The fourth-order valence-corrected chi connectivity index (χ4v) is 1.64. The van der Waals surface area contributed by atoms with Crippen LogP contribution < -0.4 is 0 Å². The van der Waals surface area contributed by atoms with Gasteiger partial charge in [0, 0.05) is 20.6 Å². The second-order valence-corrected chi connectivity index (χ2v) is 4.60. The van der Waals surface area contributed by atoms with Crippen molar-refractivity contribution in [3.8, 4) is 0 Å². The molecule has 0 aliphatic carbocycles. The Morgan fingerprint density at radius 2 is 1.88 bits per heavy atom. The smallest absolute Gasteiger partial charge is 0.236 e. The molecular formula is C13H19FN2O. The predicted octanol–water partition coefficient (Wildman–Crippen LogP) is 1.65. The number of hydrogen-bond donors (Lipinski definition) is 0. The number of hydrogen-bond acceptors (Lipinski definition) is 2. The van der Waals surface area contributed by atoms with Crippen LogP contribution in [0.25, 0.3) is 0 Å². The van der Waals surface area contributed by atoms with Gasteiger partial charge in [-0.3, -0.25) is 9.69 Å². The Bertz CT molecular complexity index is 384. The van der Waals surface area contributed by atoms with Crippen LogP contribution in [0.1, 0.15) is 11.1 Å². The lowest BCUT2D eigenvalue weighted by Gasteiger charge is -2.19. The van der Waals surface area contributed by atoms with Crippen LogP contribution in [-0.4, -0.2) is 43.4 Å². The van der Waals surface area contributed by atoms with Crippen molar-refractivity contribution in [3.05, 3.63) is 35.1 Å². The Hall–Kier alpha value is -1.42. The molecule has 0 aromatic heterocycles. The number of nitrogens with zero attached hydrogens (tertiary/aromatic N) is 2. The number of carbonyl (C=O) groups is 1. The number of rotatable bonds is 4. The first-order valence-electron chi connectivity index (χ1n) is 5.53. The van der Waals surface area contributed by atoms with Crippen LogP contribution >= 0.6 is 0 Å². The average Bonchev–Trinajstić information content (AvgIpc) is 2.14. The van der Waals surface area contributed by atoms with Crippen molar-refractivity contribution in [2.45, 2.75) is 13.5 Å². The zero-order chi connectivity index (χ0) is 13.0. The Morgan fingerprint density at radius 3 is 2.41 bits per heavy atom. The zero-order valence-corrected chi connectivity index (χ0v) is 10.8. The van der Waals surface area contributed by atoms with E-state index in [1.54, 1.807) is 19.0 Å². The van der Waals surface area contributed by atoms with E-state index in [9.17, 15) is 9.18 Å². The zero-order valence-electron chi connectivity index (χ0n) is 10.8. The maximum atomic E-state index is 13.2. The Kier molecular flexibility index (Phi) is 4.63. The molecule has 1 aromatic carbocycles. The predicted molar refractivity (Wildman–Crippen MR) is 66.2 cm³/mol. The second kappa shape index (κ2) is 5.77. The molecule has 0 aliphatic heterocycles. The third-order valence-electron chi connectivity index (χ3n) is 2.46. The molecule has 0 bridgehead atoms. The second-order valence-electron chi connectivity index (χ2n) is 4.60. The van der Waals surface area contributed by atoms with Crippen molar-refractivity contribution in [1.82, 2.24) is 9.80 Å². The molecule has 17 heavy (non-hydrogen) atoms. The van der Waals surface area contributed by atoms with E-state index in [1.165, 1.54) is 12.1 Å². The van der Waals surface area contributed by atoms with Gasteiger partial charge in [0.25, 0.3) is 0 Å². The van der Waals surface area contributed by atoms with E-state index in [0.29, 0.717) is 13.1 Å². The molecule has 1 aromatic rings. The van der Waals surface area contributed by atoms with E-state index < -0.39 is 0 Å². The molecule has 0 saturated heterocycles. The lowest BCUT2D eigenvalue weighted by atomic mass is 10.1. The summed E-state index contributed by atoms with van der Waals surface area (Å²) in [6.45, 7) is 2.76. The minimum Gasteiger partial charge on any atom is -0.348 e. The van der Waals surface area contributed by atoms with Crippen LogP contribution in [0.5, 0.6) is 0 Å². The van der Waals surface area contributed by atoms with Gasteiger partial charge < -0.3 is 4.90 Å². The molecule has 94 valence electrons. The number of halogens is 1. The van der Waals surface area contributed by atoms with Crippen LogP contribution in [0.15, 0.2) is 18.2 Å². The van der Waals surface area contributed by atoms with Gasteiger partial charge in [-0.25, -0.2) is 4.39 Å². The minimum absolute atomic E-state index is 0.0422. The Morgan fingerprint density at radius 1 is 1.24 bits per heavy atom. The van der Waals surface area contributed by atoms with Gasteiger partial charge >= 0.3 is 0 Å². The lowest BCUT2D eigenvalue weighted by Crippen LogP contribution is -2.34. The van der Waals surface area contributed by atoms with E-state index in [2.05, 4.69) is 0 Å². The number of carbonyl (C=O) groups excluding carboxylic acids is 1. The highest BCUT2D eigenvalue weighted by atomic mass is 19.1. The summed E-state index contributed by atoms with van der Waals surface area (Å²) in [7, 11) is 5.30. The monoisotopic (exact) mass is 238 g/mol. The van der Waals surface area contributed by atoms with Gasteiger partial charge in [0.05, 0.1) is 6.54 Å². The number of benzene rings is 1. The lowest BCUT2D eigenvalue weighted by molar-refractivity contribution is -0.129. The van der Waals surface area contributed by atoms with Crippen molar-refractivity contribution in [1.29, 1.82) is 0 Å². The molecule has 1 rings (SSSR count). The highest BCUT2D eigenvalue weighted by Crippen LogP contribution is 2.10.